The first-order chi connectivity index (χ1) is 31.4. The minimum Gasteiger partial charge on any atom is -0.508 e. The predicted molar refractivity (Wildman–Crippen MR) is 252 cm³/mol. The van der Waals surface area contributed by atoms with Crippen molar-refractivity contribution >= 4 is 64.8 Å². The molecule has 0 radical (unpaired) electrons. The van der Waals surface area contributed by atoms with Crippen molar-refractivity contribution in [3.05, 3.63) is 45.9 Å². The lowest BCUT2D eigenvalue weighted by molar-refractivity contribution is -0.160. The first-order valence-corrected chi connectivity index (χ1v) is 25.1. The van der Waals surface area contributed by atoms with Gasteiger partial charge < -0.3 is 34.9 Å². The number of thioether (sulfide) groups is 1. The van der Waals surface area contributed by atoms with Crippen molar-refractivity contribution < 1.29 is 52.9 Å². The van der Waals surface area contributed by atoms with Gasteiger partial charge in [0.05, 0.1) is 6.04 Å². The molecule has 66 heavy (non-hydrogen) atoms. The molecule has 2 heterocycles. The Hall–Kier alpha value is -4.95. The first-order valence-electron chi connectivity index (χ1n) is 22.8. The van der Waals surface area contributed by atoms with Crippen LogP contribution in [0.25, 0.3) is 0 Å². The van der Waals surface area contributed by atoms with E-state index < -0.39 is 72.6 Å². The topological polar surface area (TPSA) is 235 Å². The fourth-order valence-corrected chi connectivity index (χ4v) is 8.66. The molecular formula is C46H71N7O11S2. The molecule has 0 unspecified atom stereocenters. The monoisotopic (exact) mass is 961 g/mol. The molecular weight excluding hydrogens is 891 g/mol. The number of aromatic nitrogens is 1. The number of likely N-dealkylation sites (tertiary alicyclic amines) is 1. The van der Waals surface area contributed by atoms with E-state index in [9.17, 15) is 38.7 Å². The standard InChI is InChI=1S/C46H71N7O11S2/c1-10-14-39(56)63-27-53(45(60)40(29(5)11-2)49-43(59)36-15-12-13-20-52(36)8)37(28(3)4)25-38(64-31(7)54)44-48-35(26-66-44)42(58)47-33(24-32-16-18-34(55)19-17-32)23-30(6)41(57)50-51-46(61)62-21-22-65-9/h16-19,26,28-30,33,36-38,40,55H,10-15,20-25,27H2,1-9H3,(H,47,58)(H,49,59)(H,50,57)(H,51,61)/t29-,30-,33+,36+,37+,38+,40-/m0/s1. The zero-order chi connectivity index (χ0) is 48.9. The maximum Gasteiger partial charge on any atom is 0.426 e. The predicted octanol–water partition coefficient (Wildman–Crippen LogP) is 5.50. The van der Waals surface area contributed by atoms with Gasteiger partial charge in [-0.3, -0.25) is 39.1 Å². The third-order valence-corrected chi connectivity index (χ3v) is 13.1. The Bertz CT molecular complexity index is 1900. The van der Waals surface area contributed by atoms with Gasteiger partial charge in [0.25, 0.3) is 5.91 Å². The van der Waals surface area contributed by atoms with Gasteiger partial charge in [-0.1, -0.05) is 66.5 Å². The molecule has 5 amide bonds. The van der Waals surface area contributed by atoms with Gasteiger partial charge in [0.2, 0.25) is 17.7 Å². The lowest BCUT2D eigenvalue weighted by Gasteiger charge is -2.39. The van der Waals surface area contributed by atoms with Gasteiger partial charge >= 0.3 is 18.0 Å². The average Bonchev–Trinajstić information content (AvgIpc) is 3.78. The third kappa shape index (κ3) is 18.0. The van der Waals surface area contributed by atoms with E-state index in [-0.39, 0.29) is 72.5 Å². The van der Waals surface area contributed by atoms with E-state index in [0.29, 0.717) is 25.0 Å². The van der Waals surface area contributed by atoms with Crippen LogP contribution in [0.2, 0.25) is 0 Å². The lowest BCUT2D eigenvalue weighted by atomic mass is 9.92. The molecule has 1 saturated heterocycles. The Morgan fingerprint density at radius 2 is 1.70 bits per heavy atom. The maximum absolute atomic E-state index is 14.8. The third-order valence-electron chi connectivity index (χ3n) is 11.6. The summed E-state index contributed by atoms with van der Waals surface area (Å²) in [5.74, 6) is -3.48. The van der Waals surface area contributed by atoms with Gasteiger partial charge in [-0.15, -0.1) is 11.3 Å². The van der Waals surface area contributed by atoms with E-state index in [0.717, 1.165) is 36.3 Å². The normalized spacial score (nSPS) is 16.7. The zero-order valence-corrected chi connectivity index (χ0v) is 41.5. The number of carbonyl (C=O) groups is 7. The molecule has 0 saturated carbocycles. The number of phenols is 1. The molecule has 0 aliphatic carbocycles. The zero-order valence-electron chi connectivity index (χ0n) is 39.9. The van der Waals surface area contributed by atoms with Gasteiger partial charge in [-0.05, 0) is 81.5 Å². The second kappa shape index (κ2) is 28.3. The summed E-state index contributed by atoms with van der Waals surface area (Å²) >= 11 is 2.59. The number of likely N-dealkylation sites (N-methyl/N-ethyl adjacent to an activating group) is 1. The molecule has 0 bridgehead atoms. The molecule has 2 aromatic rings. The number of hydrogen-bond donors (Lipinski definition) is 5. The number of nitrogens with zero attached hydrogens (tertiary/aromatic N) is 3. The number of aromatic hydroxyl groups is 1. The van der Waals surface area contributed by atoms with E-state index in [1.165, 1.54) is 41.1 Å². The number of carbonyl (C=O) groups excluding carboxylic acids is 7. The largest absolute Gasteiger partial charge is 0.508 e. The Morgan fingerprint density at radius 1 is 0.985 bits per heavy atom. The highest BCUT2D eigenvalue weighted by atomic mass is 32.2. The number of piperidine rings is 1. The highest BCUT2D eigenvalue weighted by molar-refractivity contribution is 7.98. The molecule has 1 aromatic heterocycles. The van der Waals surface area contributed by atoms with Crippen LogP contribution in [0, 0.1) is 17.8 Å². The number of phenolic OH excluding ortho intramolecular Hbond substituents is 1. The van der Waals surface area contributed by atoms with Gasteiger partial charge in [-0.25, -0.2) is 15.2 Å². The molecule has 1 aliphatic rings. The number of esters is 2. The molecule has 5 N–H and O–H groups in total. The van der Waals surface area contributed by atoms with Crippen LogP contribution in [0.4, 0.5) is 4.79 Å². The summed E-state index contributed by atoms with van der Waals surface area (Å²) in [5, 5.41) is 17.7. The van der Waals surface area contributed by atoms with Crippen LogP contribution in [-0.2, 0) is 44.6 Å². The van der Waals surface area contributed by atoms with Gasteiger partial charge in [0, 0.05) is 48.9 Å². The van der Waals surface area contributed by atoms with E-state index >= 15 is 0 Å². The number of ether oxygens (including phenoxy) is 3. The Balaban J connectivity index is 1.92. The van der Waals surface area contributed by atoms with Crippen molar-refractivity contribution in [2.24, 2.45) is 17.8 Å². The Labute approximate surface area is 397 Å². The Morgan fingerprint density at radius 3 is 2.32 bits per heavy atom. The smallest absolute Gasteiger partial charge is 0.426 e. The molecule has 1 aromatic carbocycles. The fraction of sp³-hybridized carbons (Fsp3) is 0.652. The minimum absolute atomic E-state index is 0.0179. The second-order valence-corrected chi connectivity index (χ2v) is 19.1. The van der Waals surface area contributed by atoms with Crippen LogP contribution in [0.1, 0.15) is 127 Å². The number of hydrogen-bond acceptors (Lipinski definition) is 15. The minimum atomic E-state index is -1.04. The molecule has 18 nitrogen and oxygen atoms in total. The summed E-state index contributed by atoms with van der Waals surface area (Å²) < 4.78 is 16.6. The molecule has 1 fully saturated rings. The van der Waals surface area contributed by atoms with Gasteiger partial charge in [-0.2, -0.15) is 11.8 Å². The fourth-order valence-electron chi connectivity index (χ4n) is 7.57. The van der Waals surface area contributed by atoms with Crippen molar-refractivity contribution in [1.29, 1.82) is 0 Å². The summed E-state index contributed by atoms with van der Waals surface area (Å²) in [6.07, 6.45) is 4.26. The van der Waals surface area contributed by atoms with Crippen molar-refractivity contribution in [3.63, 3.8) is 0 Å². The van der Waals surface area contributed by atoms with Crippen LogP contribution in [0.15, 0.2) is 29.6 Å². The van der Waals surface area contributed by atoms with E-state index in [2.05, 4.69) is 26.5 Å². The molecule has 20 heteroatoms. The molecule has 0 spiro atoms. The first kappa shape index (κ1) is 55.4. The van der Waals surface area contributed by atoms with Crippen LogP contribution in [-0.4, -0.2) is 125 Å². The highest BCUT2D eigenvalue weighted by Gasteiger charge is 2.39. The lowest BCUT2D eigenvalue weighted by Crippen LogP contribution is -2.59. The van der Waals surface area contributed by atoms with Crippen LogP contribution >= 0.6 is 23.1 Å². The maximum atomic E-state index is 14.8. The van der Waals surface area contributed by atoms with Gasteiger partial charge in [0.1, 0.15) is 29.1 Å². The number of hydrazine groups is 1. The number of nitrogens with one attached hydrogen (secondary N) is 4. The van der Waals surface area contributed by atoms with Crippen LogP contribution in [0.3, 0.4) is 0 Å². The summed E-state index contributed by atoms with van der Waals surface area (Å²) in [7, 11) is 1.90. The van der Waals surface area contributed by atoms with Crippen molar-refractivity contribution in [2.45, 2.75) is 137 Å². The summed E-state index contributed by atoms with van der Waals surface area (Å²) in [4.78, 5) is 101. The van der Waals surface area contributed by atoms with Crippen LogP contribution < -0.4 is 21.5 Å². The average molecular weight is 962 g/mol. The van der Waals surface area contributed by atoms with Gasteiger partial charge in [0.15, 0.2) is 12.8 Å². The second-order valence-electron chi connectivity index (χ2n) is 17.2. The summed E-state index contributed by atoms with van der Waals surface area (Å²) in [5.41, 5.74) is 5.38. The van der Waals surface area contributed by atoms with Crippen molar-refractivity contribution in [1.82, 2.24) is 36.3 Å². The van der Waals surface area contributed by atoms with Crippen molar-refractivity contribution in [2.75, 3.05) is 38.9 Å². The van der Waals surface area contributed by atoms with Crippen LogP contribution in [0.5, 0.6) is 5.75 Å². The van der Waals surface area contributed by atoms with E-state index in [4.69, 9.17) is 14.2 Å². The number of thiazole rings is 1. The number of rotatable bonds is 25. The molecule has 7 atom stereocenters. The number of amides is 5. The van der Waals surface area contributed by atoms with E-state index in [1.807, 2.05) is 52.8 Å². The summed E-state index contributed by atoms with van der Waals surface area (Å²) in [6.45, 7) is 12.9. The molecule has 1 aliphatic heterocycles. The SMILES string of the molecule is CCCC(=O)OCN(C(=O)[C@@H](NC(=O)[C@H]1CCCCN1C)[C@@H](C)CC)[C@H](C[C@@H](OC(C)=O)c1nc(C(=O)N[C@@H](Cc2ccc(O)cc2)C[C@H](C)C(=O)NNC(=O)OCCSC)cs1)C(C)C. The Kier molecular flexibility index (Phi) is 23.7. The highest BCUT2D eigenvalue weighted by Crippen LogP contribution is 2.32. The quantitative estimate of drug-likeness (QED) is 0.0272. The molecule has 368 valence electrons. The molecule has 3 rings (SSSR count). The van der Waals surface area contributed by atoms with E-state index in [1.54, 1.807) is 19.1 Å². The van der Waals surface area contributed by atoms with Crippen molar-refractivity contribution in [3.8, 4) is 5.75 Å². The number of benzene rings is 1. The summed E-state index contributed by atoms with van der Waals surface area (Å²) in [6, 6.07) is 3.78.